The molecule has 2 aromatic carbocycles. The average molecular weight is 416 g/mol. The van der Waals surface area contributed by atoms with Crippen LogP contribution in [0.1, 0.15) is 34.1 Å². The number of nitrogens with one attached hydrogen (secondary N) is 1. The van der Waals surface area contributed by atoms with E-state index < -0.39 is 0 Å². The third kappa shape index (κ3) is 5.36. The summed E-state index contributed by atoms with van der Waals surface area (Å²) in [6.07, 6.45) is 7.82. The van der Waals surface area contributed by atoms with Gasteiger partial charge in [0.1, 0.15) is 5.75 Å². The van der Waals surface area contributed by atoms with Crippen LogP contribution in [0.15, 0.2) is 79.5 Å². The molecule has 0 aliphatic rings. The summed E-state index contributed by atoms with van der Waals surface area (Å²) in [6.45, 7) is 1.26. The van der Waals surface area contributed by atoms with Gasteiger partial charge in [-0.25, -0.2) is 9.67 Å². The highest BCUT2D eigenvalue weighted by Gasteiger charge is 2.18. The van der Waals surface area contributed by atoms with Crippen molar-refractivity contribution in [3.63, 3.8) is 0 Å². The van der Waals surface area contributed by atoms with E-state index in [9.17, 15) is 4.79 Å². The van der Waals surface area contributed by atoms with Crippen molar-refractivity contribution in [1.82, 2.24) is 29.9 Å². The van der Waals surface area contributed by atoms with Gasteiger partial charge < -0.3 is 14.6 Å². The van der Waals surface area contributed by atoms with Crippen LogP contribution in [-0.4, -0.2) is 37.6 Å². The fourth-order valence-electron chi connectivity index (χ4n) is 3.33. The van der Waals surface area contributed by atoms with Crippen molar-refractivity contribution in [2.75, 3.05) is 7.11 Å². The number of ether oxygens (including phenoxy) is 1. The third-order valence-electron chi connectivity index (χ3n) is 5.02. The lowest BCUT2D eigenvalue weighted by Crippen LogP contribution is -2.29. The molecule has 0 aliphatic carbocycles. The van der Waals surface area contributed by atoms with Crippen molar-refractivity contribution in [1.29, 1.82) is 0 Å². The number of methoxy groups -OCH3 is 1. The van der Waals surface area contributed by atoms with E-state index in [1.54, 1.807) is 30.5 Å². The van der Waals surface area contributed by atoms with Gasteiger partial charge in [-0.2, -0.15) is 0 Å². The zero-order chi connectivity index (χ0) is 21.5. The number of aromatic nitrogens is 5. The standard InChI is InChI=1S/C23H24N6O2/c1-31-20-9-7-18(8-10-20)15-29-16-22(26-27-29)23(30)25-21(19-5-3-2-4-6-19)11-13-28-14-12-24-17-28/h2-10,12,14,16-17,21H,11,13,15H2,1H3,(H,25,30). The second-order valence-corrected chi connectivity index (χ2v) is 7.18. The minimum atomic E-state index is -0.250. The lowest BCUT2D eigenvalue weighted by atomic mass is 10.0. The number of rotatable bonds is 9. The number of hydrogen-bond donors (Lipinski definition) is 1. The van der Waals surface area contributed by atoms with Crippen LogP contribution in [0.25, 0.3) is 0 Å². The lowest BCUT2D eigenvalue weighted by Gasteiger charge is -2.19. The van der Waals surface area contributed by atoms with Crippen LogP contribution >= 0.6 is 0 Å². The first kappa shape index (κ1) is 20.3. The SMILES string of the molecule is COc1ccc(Cn2cc(C(=O)NC(CCn3ccnc3)c3ccccc3)nn2)cc1. The van der Waals surface area contributed by atoms with Gasteiger partial charge in [-0.15, -0.1) is 5.10 Å². The van der Waals surface area contributed by atoms with Crippen molar-refractivity contribution < 1.29 is 9.53 Å². The summed E-state index contributed by atoms with van der Waals surface area (Å²) in [5.41, 5.74) is 2.37. The van der Waals surface area contributed by atoms with Crippen LogP contribution in [0.4, 0.5) is 0 Å². The van der Waals surface area contributed by atoms with E-state index >= 15 is 0 Å². The Morgan fingerprint density at radius 3 is 2.65 bits per heavy atom. The van der Waals surface area contributed by atoms with Crippen LogP contribution in [0.2, 0.25) is 0 Å². The van der Waals surface area contributed by atoms with Gasteiger partial charge >= 0.3 is 0 Å². The Labute approximate surface area is 180 Å². The minimum absolute atomic E-state index is 0.150. The smallest absolute Gasteiger partial charge is 0.273 e. The molecule has 8 nitrogen and oxygen atoms in total. The molecule has 158 valence electrons. The number of amides is 1. The zero-order valence-electron chi connectivity index (χ0n) is 17.3. The highest BCUT2D eigenvalue weighted by molar-refractivity contribution is 5.92. The Hall–Kier alpha value is -3.94. The summed E-state index contributed by atoms with van der Waals surface area (Å²) in [4.78, 5) is 17.0. The summed E-state index contributed by atoms with van der Waals surface area (Å²) in [5, 5.41) is 11.3. The predicted octanol–water partition coefficient (Wildman–Crippen LogP) is 3.09. The van der Waals surface area contributed by atoms with Gasteiger partial charge in [-0.05, 0) is 29.7 Å². The molecule has 31 heavy (non-hydrogen) atoms. The Morgan fingerprint density at radius 1 is 1.13 bits per heavy atom. The van der Waals surface area contributed by atoms with Gasteiger partial charge in [0.25, 0.3) is 5.91 Å². The van der Waals surface area contributed by atoms with Crippen molar-refractivity contribution in [3.8, 4) is 5.75 Å². The molecular weight excluding hydrogens is 392 g/mol. The number of carbonyl (C=O) groups excluding carboxylic acids is 1. The number of carbonyl (C=O) groups is 1. The molecule has 2 heterocycles. The second kappa shape index (κ2) is 9.71. The maximum Gasteiger partial charge on any atom is 0.273 e. The predicted molar refractivity (Wildman–Crippen MR) is 116 cm³/mol. The van der Waals surface area contributed by atoms with Gasteiger partial charge in [0.15, 0.2) is 5.69 Å². The van der Waals surface area contributed by atoms with Crippen LogP contribution in [-0.2, 0) is 13.1 Å². The van der Waals surface area contributed by atoms with Crippen LogP contribution < -0.4 is 10.1 Å². The molecule has 1 amide bonds. The van der Waals surface area contributed by atoms with Gasteiger partial charge in [0.2, 0.25) is 0 Å². The first-order valence-electron chi connectivity index (χ1n) is 10.1. The highest BCUT2D eigenvalue weighted by atomic mass is 16.5. The summed E-state index contributed by atoms with van der Waals surface area (Å²) >= 11 is 0. The molecule has 0 spiro atoms. The molecule has 4 rings (SSSR count). The monoisotopic (exact) mass is 416 g/mol. The Balaban J connectivity index is 1.43. The number of imidazole rings is 1. The molecule has 0 fully saturated rings. The van der Waals surface area contributed by atoms with E-state index in [-0.39, 0.29) is 17.6 Å². The zero-order valence-corrected chi connectivity index (χ0v) is 17.3. The molecule has 0 saturated heterocycles. The summed E-state index contributed by atoms with van der Waals surface area (Å²) in [5.74, 6) is 0.547. The fourth-order valence-corrected chi connectivity index (χ4v) is 3.33. The topological polar surface area (TPSA) is 86.9 Å². The molecule has 4 aromatic rings. The lowest BCUT2D eigenvalue weighted by molar-refractivity contribution is 0.0928. The molecule has 0 radical (unpaired) electrons. The van der Waals surface area contributed by atoms with Crippen molar-refractivity contribution in [2.45, 2.75) is 25.6 Å². The average Bonchev–Trinajstić information content (AvgIpc) is 3.50. The molecule has 1 N–H and O–H groups in total. The number of nitrogens with zero attached hydrogens (tertiary/aromatic N) is 5. The van der Waals surface area contributed by atoms with Crippen LogP contribution in [0, 0.1) is 0 Å². The van der Waals surface area contributed by atoms with Crippen LogP contribution in [0.3, 0.4) is 0 Å². The summed E-state index contributed by atoms with van der Waals surface area (Å²) < 4.78 is 8.82. The normalized spacial score (nSPS) is 11.8. The Morgan fingerprint density at radius 2 is 1.94 bits per heavy atom. The summed E-state index contributed by atoms with van der Waals surface area (Å²) in [7, 11) is 1.63. The largest absolute Gasteiger partial charge is 0.497 e. The Bertz CT molecular complexity index is 1090. The van der Waals surface area contributed by atoms with Gasteiger partial charge in [-0.1, -0.05) is 47.7 Å². The van der Waals surface area contributed by atoms with Crippen molar-refractivity contribution >= 4 is 5.91 Å². The quantitative estimate of drug-likeness (QED) is 0.453. The first-order valence-corrected chi connectivity index (χ1v) is 10.1. The van der Waals surface area contributed by atoms with Gasteiger partial charge in [0.05, 0.1) is 32.2 Å². The Kier molecular flexibility index (Phi) is 6.37. The van der Waals surface area contributed by atoms with E-state index in [2.05, 4.69) is 20.6 Å². The number of hydrogen-bond acceptors (Lipinski definition) is 5. The van der Waals surface area contributed by atoms with Crippen molar-refractivity contribution in [3.05, 3.63) is 96.3 Å². The first-order chi connectivity index (χ1) is 15.2. The van der Waals surface area contributed by atoms with E-state index in [0.29, 0.717) is 6.54 Å². The minimum Gasteiger partial charge on any atom is -0.497 e. The third-order valence-corrected chi connectivity index (χ3v) is 5.02. The molecular formula is C23H24N6O2. The van der Waals surface area contributed by atoms with Crippen molar-refractivity contribution in [2.24, 2.45) is 0 Å². The molecule has 0 bridgehead atoms. The van der Waals surface area contributed by atoms with E-state index in [0.717, 1.165) is 29.8 Å². The van der Waals surface area contributed by atoms with E-state index in [1.165, 1.54) is 0 Å². The number of aryl methyl sites for hydroxylation is 1. The van der Waals surface area contributed by atoms with E-state index in [4.69, 9.17) is 4.74 Å². The highest BCUT2D eigenvalue weighted by Crippen LogP contribution is 2.18. The maximum absolute atomic E-state index is 12.9. The maximum atomic E-state index is 12.9. The second-order valence-electron chi connectivity index (χ2n) is 7.18. The fraction of sp³-hybridized carbons (Fsp3) is 0.217. The molecule has 2 aromatic heterocycles. The van der Waals surface area contributed by atoms with Gasteiger partial charge in [0, 0.05) is 18.9 Å². The molecule has 1 unspecified atom stereocenters. The van der Waals surface area contributed by atoms with E-state index in [1.807, 2.05) is 65.4 Å². The van der Waals surface area contributed by atoms with Gasteiger partial charge in [-0.3, -0.25) is 4.79 Å². The van der Waals surface area contributed by atoms with Crippen LogP contribution in [0.5, 0.6) is 5.75 Å². The molecule has 0 saturated carbocycles. The number of benzene rings is 2. The molecule has 0 aliphatic heterocycles. The molecule has 8 heteroatoms. The molecule has 1 atom stereocenters. The summed E-state index contributed by atoms with van der Waals surface area (Å²) in [6, 6.07) is 17.5.